The van der Waals surface area contributed by atoms with E-state index >= 15 is 0 Å². The van der Waals surface area contributed by atoms with Crippen LogP contribution in [0.2, 0.25) is 5.02 Å². The number of hydrogen-bond donors (Lipinski definition) is 2. The van der Waals surface area contributed by atoms with Crippen LogP contribution in [-0.2, 0) is 0 Å². The summed E-state index contributed by atoms with van der Waals surface area (Å²) in [4.78, 5) is 0. The molecule has 2 aromatic rings. The zero-order valence-electron chi connectivity index (χ0n) is 11.7. The molecule has 0 amide bonds. The van der Waals surface area contributed by atoms with Crippen LogP contribution in [-0.4, -0.2) is 6.98 Å². The van der Waals surface area contributed by atoms with Crippen molar-refractivity contribution in [1.29, 1.82) is 0 Å². The van der Waals surface area contributed by atoms with E-state index in [4.69, 9.17) is 28.8 Å². The van der Waals surface area contributed by atoms with Gasteiger partial charge in [0.25, 0.3) is 0 Å². The monoisotopic (exact) mass is 326 g/mol. The highest BCUT2D eigenvalue weighted by Crippen LogP contribution is 2.36. The Balaban J connectivity index is 1.94. The number of halogens is 2. The minimum absolute atomic E-state index is 0.163. The lowest BCUT2D eigenvalue weighted by Gasteiger charge is -2.28. The van der Waals surface area contributed by atoms with Crippen LogP contribution in [0, 0.1) is 0 Å². The fourth-order valence-corrected chi connectivity index (χ4v) is 3.61. The van der Waals surface area contributed by atoms with E-state index in [0.717, 1.165) is 32.3 Å². The van der Waals surface area contributed by atoms with Crippen molar-refractivity contribution in [2.75, 3.05) is 5.23 Å². The summed E-state index contributed by atoms with van der Waals surface area (Å²) in [6.07, 6.45) is 6.06. The van der Waals surface area contributed by atoms with Gasteiger partial charge in [-0.25, -0.2) is 0 Å². The first-order valence-corrected chi connectivity index (χ1v) is 7.89. The zero-order chi connectivity index (χ0) is 15.3. The van der Waals surface area contributed by atoms with Crippen molar-refractivity contribution in [2.24, 2.45) is 5.64 Å². The van der Waals surface area contributed by atoms with Crippen molar-refractivity contribution in [2.45, 2.75) is 5.92 Å². The third kappa shape index (κ3) is 2.17. The lowest BCUT2D eigenvalue weighted by molar-refractivity contribution is 1.11. The van der Waals surface area contributed by atoms with Gasteiger partial charge in [0.1, 0.15) is 0 Å². The Morgan fingerprint density at radius 2 is 1.95 bits per heavy atom. The van der Waals surface area contributed by atoms with Crippen molar-refractivity contribution >= 4 is 41.3 Å². The molecule has 0 bridgehead atoms. The minimum Gasteiger partial charge on any atom is -0.410 e. The van der Waals surface area contributed by atoms with Crippen LogP contribution >= 0.6 is 23.2 Å². The molecule has 4 rings (SSSR count). The molecular formula is C17H13BCl2N2. The van der Waals surface area contributed by atoms with E-state index in [0.29, 0.717) is 0 Å². The van der Waals surface area contributed by atoms with Gasteiger partial charge in [-0.3, -0.25) is 0 Å². The second kappa shape index (κ2) is 5.20. The molecule has 1 heterocycles. The Bertz CT molecular complexity index is 829. The molecule has 108 valence electrons. The SMILES string of the molecule is NB1Nc2ccc(Cl)cc2-c2cccc(C3C=CC(Cl)=C3)c21. The molecule has 0 saturated heterocycles. The molecule has 0 fully saturated rings. The average molecular weight is 327 g/mol. The van der Waals surface area contributed by atoms with E-state index in [1.54, 1.807) is 0 Å². The molecule has 2 aliphatic rings. The zero-order valence-corrected chi connectivity index (χ0v) is 13.2. The van der Waals surface area contributed by atoms with Gasteiger partial charge in [0.05, 0.1) is 0 Å². The number of nitrogens with two attached hydrogens (primary N) is 1. The summed E-state index contributed by atoms with van der Waals surface area (Å²) in [5.41, 5.74) is 11.9. The van der Waals surface area contributed by atoms with Crippen LogP contribution < -0.4 is 16.3 Å². The van der Waals surface area contributed by atoms with Crippen LogP contribution in [0.25, 0.3) is 11.1 Å². The summed E-state index contributed by atoms with van der Waals surface area (Å²) in [7, 11) is 0. The van der Waals surface area contributed by atoms with Crippen molar-refractivity contribution < 1.29 is 0 Å². The molecule has 22 heavy (non-hydrogen) atoms. The number of hydrogen-bond acceptors (Lipinski definition) is 2. The first-order chi connectivity index (χ1) is 10.6. The smallest absolute Gasteiger partial charge is 0.371 e. The van der Waals surface area contributed by atoms with E-state index in [9.17, 15) is 0 Å². The third-order valence-electron chi connectivity index (χ3n) is 4.19. The third-order valence-corrected chi connectivity index (χ3v) is 4.68. The molecule has 0 radical (unpaired) electrons. The van der Waals surface area contributed by atoms with Gasteiger partial charge in [-0.2, -0.15) is 0 Å². The average Bonchev–Trinajstić information content (AvgIpc) is 2.94. The quantitative estimate of drug-likeness (QED) is 0.781. The topological polar surface area (TPSA) is 38.0 Å². The molecule has 2 nitrogen and oxygen atoms in total. The first kappa shape index (κ1) is 14.0. The molecule has 0 aromatic heterocycles. The Labute approximate surface area is 139 Å². The highest BCUT2D eigenvalue weighted by Gasteiger charge is 2.29. The van der Waals surface area contributed by atoms with Crippen molar-refractivity contribution in [3.63, 3.8) is 0 Å². The molecule has 1 atom stereocenters. The highest BCUT2D eigenvalue weighted by atomic mass is 35.5. The van der Waals surface area contributed by atoms with Crippen LogP contribution in [0.15, 0.2) is 59.7 Å². The van der Waals surface area contributed by atoms with Crippen LogP contribution in [0.5, 0.6) is 0 Å². The van der Waals surface area contributed by atoms with Gasteiger partial charge in [0.15, 0.2) is 0 Å². The Morgan fingerprint density at radius 1 is 1.09 bits per heavy atom. The summed E-state index contributed by atoms with van der Waals surface area (Å²) >= 11 is 12.3. The van der Waals surface area contributed by atoms with Crippen LogP contribution in [0.3, 0.4) is 0 Å². The molecule has 0 saturated carbocycles. The first-order valence-electron chi connectivity index (χ1n) is 7.14. The van der Waals surface area contributed by atoms with Crippen LogP contribution in [0.4, 0.5) is 5.69 Å². The maximum Gasteiger partial charge on any atom is 0.371 e. The van der Waals surface area contributed by atoms with Crippen molar-refractivity contribution in [3.05, 3.63) is 70.2 Å². The Hall–Kier alpha value is -1.68. The van der Waals surface area contributed by atoms with Gasteiger partial charge in [0.2, 0.25) is 0 Å². The van der Waals surface area contributed by atoms with Crippen LogP contribution in [0.1, 0.15) is 11.5 Å². The second-order valence-corrected chi connectivity index (χ2v) is 6.43. The number of fused-ring (bicyclic) bond motifs is 3. The fraction of sp³-hybridized carbons (Fsp3) is 0.0588. The largest absolute Gasteiger partial charge is 0.410 e. The van der Waals surface area contributed by atoms with Gasteiger partial charge in [-0.15, -0.1) is 0 Å². The normalized spacial score (nSPS) is 18.6. The van der Waals surface area contributed by atoms with Gasteiger partial charge in [-0.1, -0.05) is 53.6 Å². The molecule has 2 aromatic carbocycles. The maximum absolute atomic E-state index is 6.38. The fourth-order valence-electron chi connectivity index (χ4n) is 3.23. The van der Waals surface area contributed by atoms with Crippen molar-refractivity contribution in [3.8, 4) is 11.1 Å². The number of allylic oxidation sites excluding steroid dienone is 4. The Kier molecular flexibility index (Phi) is 3.30. The Morgan fingerprint density at radius 3 is 2.73 bits per heavy atom. The maximum atomic E-state index is 6.38. The number of anilines is 1. The lowest BCUT2D eigenvalue weighted by atomic mass is 9.60. The van der Waals surface area contributed by atoms with E-state index in [2.05, 4.69) is 29.5 Å². The molecule has 5 heteroatoms. The number of benzene rings is 2. The van der Waals surface area contributed by atoms with Gasteiger partial charge in [-0.05, 0) is 40.9 Å². The lowest BCUT2D eigenvalue weighted by Crippen LogP contribution is -2.52. The summed E-state index contributed by atoms with van der Waals surface area (Å²) in [5.74, 6) is 0.163. The van der Waals surface area contributed by atoms with E-state index in [-0.39, 0.29) is 12.9 Å². The molecule has 3 N–H and O–H groups in total. The summed E-state index contributed by atoms with van der Waals surface area (Å²) < 4.78 is 0. The summed E-state index contributed by atoms with van der Waals surface area (Å²) in [5, 5.41) is 4.85. The molecule has 1 aliphatic heterocycles. The summed E-state index contributed by atoms with van der Waals surface area (Å²) in [6, 6.07) is 12.1. The molecule has 0 spiro atoms. The summed E-state index contributed by atoms with van der Waals surface area (Å²) in [6.45, 7) is -0.249. The minimum atomic E-state index is -0.249. The van der Waals surface area contributed by atoms with Crippen molar-refractivity contribution in [1.82, 2.24) is 0 Å². The molecule has 1 unspecified atom stereocenters. The predicted molar refractivity (Wildman–Crippen MR) is 95.9 cm³/mol. The van der Waals surface area contributed by atoms with E-state index < -0.39 is 0 Å². The van der Waals surface area contributed by atoms with Gasteiger partial charge < -0.3 is 10.9 Å². The van der Waals surface area contributed by atoms with E-state index in [1.807, 2.05) is 30.4 Å². The standard InChI is InChI=1S/C17H13BCl2N2/c19-11-5-4-10(8-11)13-2-1-3-14-15-9-12(20)6-7-16(15)22-18(21)17(13)14/h1-10,22H,21H2. The number of rotatable bonds is 1. The number of nitrogens with one attached hydrogen (secondary N) is 1. The second-order valence-electron chi connectivity index (χ2n) is 5.56. The molecular weight excluding hydrogens is 314 g/mol. The highest BCUT2D eigenvalue weighted by molar-refractivity contribution is 6.76. The van der Waals surface area contributed by atoms with Gasteiger partial charge >= 0.3 is 6.98 Å². The van der Waals surface area contributed by atoms with Gasteiger partial charge in [0, 0.05) is 27.2 Å². The molecule has 1 aliphatic carbocycles. The van der Waals surface area contributed by atoms with E-state index in [1.165, 1.54) is 5.56 Å². The predicted octanol–water partition coefficient (Wildman–Crippen LogP) is 3.86.